The molecule has 0 aliphatic heterocycles. The normalized spacial score (nSPS) is 11.4. The number of alkyl halides is 2. The first-order chi connectivity index (χ1) is 13.0. The van der Waals surface area contributed by atoms with Gasteiger partial charge in [0.15, 0.2) is 12.4 Å². The summed E-state index contributed by atoms with van der Waals surface area (Å²) in [5.41, 5.74) is 0.303. The maximum Gasteiger partial charge on any atom is 0.341 e. The second-order valence-electron chi connectivity index (χ2n) is 5.34. The Hall–Kier alpha value is -2.30. The molecule has 0 fully saturated rings. The summed E-state index contributed by atoms with van der Waals surface area (Å²) in [6, 6.07) is 5.08. The van der Waals surface area contributed by atoms with Gasteiger partial charge in [-0.1, -0.05) is 23.2 Å². The van der Waals surface area contributed by atoms with E-state index in [2.05, 4.69) is 10.3 Å². The Morgan fingerprint density at radius 1 is 1.18 bits per heavy atom. The van der Waals surface area contributed by atoms with E-state index < -0.39 is 39.0 Å². The van der Waals surface area contributed by atoms with Crippen LogP contribution >= 0.6 is 23.2 Å². The summed E-state index contributed by atoms with van der Waals surface area (Å²) >= 11 is 11.7. The van der Waals surface area contributed by atoms with E-state index in [0.717, 1.165) is 24.3 Å². The number of amides is 1. The minimum absolute atomic E-state index is 0.0335. The third-order valence-electron chi connectivity index (χ3n) is 3.35. The molecule has 28 heavy (non-hydrogen) atoms. The molecule has 0 bridgehead atoms. The van der Waals surface area contributed by atoms with Crippen LogP contribution in [0.1, 0.15) is 16.1 Å². The number of nitrogens with zero attached hydrogens (tertiary/aromatic N) is 1. The van der Waals surface area contributed by atoms with Gasteiger partial charge in [0.25, 0.3) is 5.91 Å². The predicted molar refractivity (Wildman–Crippen MR) is 97.5 cm³/mol. The lowest BCUT2D eigenvalue weighted by Crippen LogP contribution is -2.22. The molecule has 1 heterocycles. The van der Waals surface area contributed by atoms with Gasteiger partial charge in [0.05, 0.1) is 26.2 Å². The average molecular weight is 453 g/mol. The number of esters is 1. The second-order valence-corrected chi connectivity index (χ2v) is 8.07. The molecule has 0 aliphatic rings. The summed E-state index contributed by atoms with van der Waals surface area (Å²) < 4.78 is 52.4. The summed E-state index contributed by atoms with van der Waals surface area (Å²) in [6.07, 6.45) is 0. The highest BCUT2D eigenvalue weighted by Crippen LogP contribution is 2.25. The molecule has 12 heteroatoms. The molecule has 0 saturated heterocycles. The maximum absolute atomic E-state index is 12.5. The Labute approximate surface area is 168 Å². The van der Waals surface area contributed by atoms with Gasteiger partial charge in [0.1, 0.15) is 0 Å². The highest BCUT2D eigenvalue weighted by Gasteiger charge is 2.26. The third-order valence-corrected chi connectivity index (χ3v) is 5.42. The molecule has 7 nitrogen and oxygen atoms in total. The van der Waals surface area contributed by atoms with Crippen LogP contribution in [0.4, 0.5) is 14.6 Å². The fourth-order valence-electron chi connectivity index (χ4n) is 1.91. The summed E-state index contributed by atoms with van der Waals surface area (Å²) in [6.45, 7) is 0.918. The van der Waals surface area contributed by atoms with Crippen molar-refractivity contribution in [2.24, 2.45) is 0 Å². The van der Waals surface area contributed by atoms with Gasteiger partial charge >= 0.3 is 11.7 Å². The van der Waals surface area contributed by atoms with Crippen LogP contribution in [-0.4, -0.2) is 37.6 Å². The average Bonchev–Trinajstić information content (AvgIpc) is 2.64. The van der Waals surface area contributed by atoms with Crippen LogP contribution in [0.3, 0.4) is 0 Å². The SMILES string of the molecule is Cc1nc(NC(=O)COC(=O)c2ccc(S(=O)(=O)C(F)F)cc2)c(Cl)cc1Cl. The number of sulfone groups is 1. The lowest BCUT2D eigenvalue weighted by molar-refractivity contribution is -0.119. The zero-order chi connectivity index (χ0) is 21.1. The quantitative estimate of drug-likeness (QED) is 0.672. The highest BCUT2D eigenvalue weighted by atomic mass is 35.5. The van der Waals surface area contributed by atoms with E-state index in [1.165, 1.54) is 6.07 Å². The van der Waals surface area contributed by atoms with E-state index in [9.17, 15) is 26.8 Å². The Bertz CT molecular complexity index is 1010. The van der Waals surface area contributed by atoms with Gasteiger partial charge in [0.2, 0.25) is 9.84 Å². The molecule has 0 radical (unpaired) electrons. The van der Waals surface area contributed by atoms with Crippen molar-refractivity contribution < 1.29 is 31.5 Å². The number of benzene rings is 1. The summed E-state index contributed by atoms with van der Waals surface area (Å²) in [4.78, 5) is 27.1. The molecule has 2 rings (SSSR count). The number of pyridine rings is 1. The Morgan fingerprint density at radius 2 is 1.79 bits per heavy atom. The van der Waals surface area contributed by atoms with E-state index in [4.69, 9.17) is 27.9 Å². The van der Waals surface area contributed by atoms with Gasteiger partial charge in [-0.15, -0.1) is 0 Å². The molecule has 0 saturated carbocycles. The lowest BCUT2D eigenvalue weighted by Gasteiger charge is -2.09. The van der Waals surface area contributed by atoms with Crippen molar-refractivity contribution in [1.29, 1.82) is 0 Å². The standard InChI is InChI=1S/C16H12Cl2F2N2O5S/c1-8-11(17)6-12(18)14(21-8)22-13(23)7-27-15(24)9-2-4-10(5-3-9)28(25,26)16(19)20/h2-6,16H,7H2,1H3,(H,21,22,23). The van der Waals surface area contributed by atoms with Crippen LogP contribution in [0.15, 0.2) is 35.2 Å². The Morgan fingerprint density at radius 3 is 2.36 bits per heavy atom. The van der Waals surface area contributed by atoms with E-state index in [0.29, 0.717) is 10.7 Å². The fraction of sp³-hybridized carbons (Fsp3) is 0.188. The predicted octanol–water partition coefficient (Wildman–Crippen LogP) is 3.49. The molecule has 0 atom stereocenters. The van der Waals surface area contributed by atoms with Crippen LogP contribution in [0.5, 0.6) is 0 Å². The monoisotopic (exact) mass is 452 g/mol. The van der Waals surface area contributed by atoms with Crippen molar-refractivity contribution in [1.82, 2.24) is 4.98 Å². The first-order valence-corrected chi connectivity index (χ1v) is 9.74. The number of aromatic nitrogens is 1. The number of hydrogen-bond acceptors (Lipinski definition) is 6. The molecule has 1 amide bonds. The van der Waals surface area contributed by atoms with Crippen LogP contribution in [-0.2, 0) is 19.4 Å². The molecule has 0 unspecified atom stereocenters. The summed E-state index contributed by atoms with van der Waals surface area (Å²) in [5, 5.41) is 2.75. The van der Waals surface area contributed by atoms with E-state index in [1.54, 1.807) is 6.92 Å². The second kappa shape index (κ2) is 8.80. The Balaban J connectivity index is 1.98. The summed E-state index contributed by atoms with van der Waals surface area (Å²) in [5.74, 6) is -5.24. The van der Waals surface area contributed by atoms with Crippen LogP contribution in [0, 0.1) is 6.92 Å². The number of ether oxygens (including phenoxy) is 1. The molecular formula is C16H12Cl2F2N2O5S. The number of hydrogen-bond donors (Lipinski definition) is 1. The molecule has 1 N–H and O–H groups in total. The van der Waals surface area contributed by atoms with Crippen molar-refractivity contribution >= 4 is 50.7 Å². The fourth-order valence-corrected chi connectivity index (χ4v) is 3.04. The first kappa shape index (κ1) is 22.0. The Kier molecular flexibility index (Phi) is 6.91. The number of carbonyl (C=O) groups excluding carboxylic acids is 2. The third kappa shape index (κ3) is 5.15. The molecule has 1 aromatic carbocycles. The largest absolute Gasteiger partial charge is 0.452 e. The molecular weight excluding hydrogens is 441 g/mol. The number of carbonyl (C=O) groups is 2. The van der Waals surface area contributed by atoms with E-state index in [-0.39, 0.29) is 16.4 Å². The van der Waals surface area contributed by atoms with Gasteiger partial charge in [-0.2, -0.15) is 8.78 Å². The van der Waals surface area contributed by atoms with E-state index in [1.807, 2.05) is 0 Å². The molecule has 0 aliphatic carbocycles. The van der Waals surface area contributed by atoms with Crippen LogP contribution in [0.2, 0.25) is 10.0 Å². The van der Waals surface area contributed by atoms with Crippen LogP contribution in [0.25, 0.3) is 0 Å². The van der Waals surface area contributed by atoms with E-state index >= 15 is 0 Å². The van der Waals surface area contributed by atoms with Crippen molar-refractivity contribution in [3.8, 4) is 0 Å². The van der Waals surface area contributed by atoms with Crippen molar-refractivity contribution in [3.63, 3.8) is 0 Å². The lowest BCUT2D eigenvalue weighted by atomic mass is 10.2. The topological polar surface area (TPSA) is 102 Å². The van der Waals surface area contributed by atoms with Gasteiger partial charge < -0.3 is 10.1 Å². The molecule has 1 aromatic heterocycles. The van der Waals surface area contributed by atoms with Gasteiger partial charge in [0, 0.05) is 0 Å². The first-order valence-electron chi connectivity index (χ1n) is 7.44. The number of nitrogens with one attached hydrogen (secondary N) is 1. The number of rotatable bonds is 6. The molecule has 150 valence electrons. The van der Waals surface area contributed by atoms with Crippen molar-refractivity contribution in [2.45, 2.75) is 17.6 Å². The van der Waals surface area contributed by atoms with Gasteiger partial charge in [-0.3, -0.25) is 4.79 Å². The smallest absolute Gasteiger partial charge is 0.341 e. The number of anilines is 1. The van der Waals surface area contributed by atoms with Crippen molar-refractivity contribution in [2.75, 3.05) is 11.9 Å². The molecule has 2 aromatic rings. The maximum atomic E-state index is 12.5. The van der Waals surface area contributed by atoms with Crippen molar-refractivity contribution in [3.05, 3.63) is 51.6 Å². The molecule has 0 spiro atoms. The minimum Gasteiger partial charge on any atom is -0.452 e. The summed E-state index contributed by atoms with van der Waals surface area (Å²) in [7, 11) is -4.77. The zero-order valence-electron chi connectivity index (χ0n) is 14.1. The number of aryl methyl sites for hydroxylation is 1. The number of halogens is 4. The highest BCUT2D eigenvalue weighted by molar-refractivity contribution is 7.91. The van der Waals surface area contributed by atoms with Crippen LogP contribution < -0.4 is 5.32 Å². The van der Waals surface area contributed by atoms with Gasteiger partial charge in [-0.25, -0.2) is 18.2 Å². The zero-order valence-corrected chi connectivity index (χ0v) is 16.4. The van der Waals surface area contributed by atoms with Gasteiger partial charge in [-0.05, 0) is 37.3 Å². The minimum atomic E-state index is -4.77.